The molecular formula is C27H30ClN5O. The van der Waals surface area contributed by atoms with Gasteiger partial charge < -0.3 is 15.4 Å². The van der Waals surface area contributed by atoms with E-state index in [9.17, 15) is 0 Å². The molecule has 1 aliphatic heterocycles. The Morgan fingerprint density at radius 2 is 1.85 bits per heavy atom. The van der Waals surface area contributed by atoms with Crippen LogP contribution >= 0.6 is 11.6 Å². The van der Waals surface area contributed by atoms with Crippen molar-refractivity contribution in [3.8, 4) is 17.0 Å². The number of nitrogens with zero attached hydrogens (tertiary/aromatic N) is 3. The van der Waals surface area contributed by atoms with Gasteiger partial charge >= 0.3 is 0 Å². The van der Waals surface area contributed by atoms with Gasteiger partial charge in [0.2, 0.25) is 5.88 Å². The number of aromatic nitrogens is 3. The zero-order chi connectivity index (χ0) is 23.8. The molecule has 1 atom stereocenters. The van der Waals surface area contributed by atoms with Crippen molar-refractivity contribution in [2.75, 3.05) is 25.0 Å². The van der Waals surface area contributed by atoms with Gasteiger partial charge in [0.25, 0.3) is 0 Å². The Balaban J connectivity index is 0.000000398. The number of benzene rings is 2. The third-order valence-corrected chi connectivity index (χ3v) is 5.84. The number of rotatable bonds is 6. The summed E-state index contributed by atoms with van der Waals surface area (Å²) < 4.78 is 7.83. The number of hydrogen-bond donors (Lipinski definition) is 2. The van der Waals surface area contributed by atoms with Gasteiger partial charge in [0, 0.05) is 42.1 Å². The molecule has 1 aliphatic rings. The number of anilines is 1. The number of fused-ring (bicyclic) bond motifs is 1. The topological polar surface area (TPSA) is 64.0 Å². The molecule has 34 heavy (non-hydrogen) atoms. The molecule has 6 nitrogen and oxygen atoms in total. The fraction of sp³-hybridized carbons (Fsp3) is 0.259. The molecule has 2 aromatic heterocycles. The molecule has 7 heteroatoms. The van der Waals surface area contributed by atoms with Crippen LogP contribution in [0.15, 0.2) is 79.3 Å². The maximum atomic E-state index is 6.05. The number of aryl methyl sites for hydroxylation is 2. The Hall–Kier alpha value is -3.35. The zero-order valence-corrected chi connectivity index (χ0v) is 20.3. The standard InChI is InChI=1S/C21H24ClN5O.C6H6/c1-14-7-18(22)4-3-15(14)5-6-23-11-19-12-24-20-8-16(9-25-21(20)28-19)17-10-26-27(2)13-17;1-2-4-6-5-3-1/h3-4,7-10,13,19,23-24H,5-6,11-12H2,1-2H3;1-6H. The third kappa shape index (κ3) is 6.59. The van der Waals surface area contributed by atoms with Crippen LogP contribution in [0.2, 0.25) is 5.02 Å². The summed E-state index contributed by atoms with van der Waals surface area (Å²) >= 11 is 6.02. The minimum absolute atomic E-state index is 0.0514. The van der Waals surface area contributed by atoms with Crippen molar-refractivity contribution in [2.45, 2.75) is 19.4 Å². The van der Waals surface area contributed by atoms with Gasteiger partial charge in [-0.15, -0.1) is 0 Å². The van der Waals surface area contributed by atoms with Gasteiger partial charge in [-0.25, -0.2) is 4.98 Å². The van der Waals surface area contributed by atoms with E-state index in [0.717, 1.165) is 47.9 Å². The average Bonchev–Trinajstić information content (AvgIpc) is 3.30. The first-order chi connectivity index (χ1) is 16.6. The third-order valence-electron chi connectivity index (χ3n) is 5.60. The summed E-state index contributed by atoms with van der Waals surface area (Å²) in [5.74, 6) is 0.652. The van der Waals surface area contributed by atoms with Crippen LogP contribution in [0, 0.1) is 6.92 Å². The van der Waals surface area contributed by atoms with E-state index in [2.05, 4.69) is 39.8 Å². The molecule has 2 N–H and O–H groups in total. The number of pyridine rings is 1. The molecule has 1 unspecified atom stereocenters. The van der Waals surface area contributed by atoms with E-state index in [1.165, 1.54) is 11.1 Å². The Morgan fingerprint density at radius 3 is 2.53 bits per heavy atom. The molecule has 2 aromatic carbocycles. The highest BCUT2D eigenvalue weighted by atomic mass is 35.5. The predicted molar refractivity (Wildman–Crippen MR) is 139 cm³/mol. The lowest BCUT2D eigenvalue weighted by atomic mass is 10.1. The van der Waals surface area contributed by atoms with Crippen LogP contribution in [0.1, 0.15) is 11.1 Å². The summed E-state index contributed by atoms with van der Waals surface area (Å²) in [6.07, 6.45) is 6.66. The predicted octanol–water partition coefficient (Wildman–Crippen LogP) is 5.14. The molecule has 5 rings (SSSR count). The van der Waals surface area contributed by atoms with Crippen molar-refractivity contribution in [1.29, 1.82) is 0 Å². The first kappa shape index (κ1) is 23.8. The van der Waals surface area contributed by atoms with Gasteiger partial charge in [-0.3, -0.25) is 4.68 Å². The molecule has 0 fully saturated rings. The van der Waals surface area contributed by atoms with Crippen molar-refractivity contribution >= 4 is 17.3 Å². The van der Waals surface area contributed by atoms with Crippen LogP contribution in [-0.4, -0.2) is 40.5 Å². The summed E-state index contributed by atoms with van der Waals surface area (Å²) in [6, 6.07) is 20.1. The molecule has 3 heterocycles. The van der Waals surface area contributed by atoms with Crippen molar-refractivity contribution < 1.29 is 4.74 Å². The van der Waals surface area contributed by atoms with Crippen LogP contribution in [0.25, 0.3) is 11.1 Å². The summed E-state index contributed by atoms with van der Waals surface area (Å²) in [4.78, 5) is 4.49. The number of nitrogens with one attached hydrogen (secondary N) is 2. The normalized spacial score (nSPS) is 14.3. The average molecular weight is 476 g/mol. The summed E-state index contributed by atoms with van der Waals surface area (Å²) in [6.45, 7) is 4.50. The molecule has 0 saturated heterocycles. The van der Waals surface area contributed by atoms with Crippen molar-refractivity contribution in [2.24, 2.45) is 7.05 Å². The molecule has 0 aliphatic carbocycles. The number of ether oxygens (including phenoxy) is 1. The van der Waals surface area contributed by atoms with E-state index < -0.39 is 0 Å². The second-order valence-electron chi connectivity index (χ2n) is 8.28. The second kappa shape index (κ2) is 11.7. The fourth-order valence-corrected chi connectivity index (χ4v) is 3.98. The van der Waals surface area contributed by atoms with E-state index in [4.69, 9.17) is 16.3 Å². The molecule has 176 valence electrons. The fourth-order valence-electron chi connectivity index (χ4n) is 3.75. The highest BCUT2D eigenvalue weighted by molar-refractivity contribution is 6.30. The lowest BCUT2D eigenvalue weighted by Gasteiger charge is -2.27. The Labute approximate surface area is 206 Å². The van der Waals surface area contributed by atoms with Gasteiger partial charge in [0.05, 0.1) is 18.4 Å². The van der Waals surface area contributed by atoms with Crippen molar-refractivity contribution in [3.63, 3.8) is 0 Å². The van der Waals surface area contributed by atoms with Gasteiger partial charge in [-0.2, -0.15) is 5.10 Å². The van der Waals surface area contributed by atoms with E-state index in [0.29, 0.717) is 5.88 Å². The lowest BCUT2D eigenvalue weighted by molar-refractivity contribution is 0.194. The molecule has 4 aromatic rings. The van der Waals surface area contributed by atoms with Crippen LogP contribution in [0.3, 0.4) is 0 Å². The van der Waals surface area contributed by atoms with Crippen LogP contribution in [0.4, 0.5) is 5.69 Å². The first-order valence-electron chi connectivity index (χ1n) is 11.4. The zero-order valence-electron chi connectivity index (χ0n) is 19.5. The molecule has 0 radical (unpaired) electrons. The van der Waals surface area contributed by atoms with Gasteiger partial charge in [-0.1, -0.05) is 54.1 Å². The monoisotopic (exact) mass is 475 g/mol. The highest BCUT2D eigenvalue weighted by Crippen LogP contribution is 2.31. The smallest absolute Gasteiger partial charge is 0.237 e. The Kier molecular flexibility index (Phi) is 8.17. The Bertz CT molecular complexity index is 1170. The van der Waals surface area contributed by atoms with Crippen molar-refractivity contribution in [1.82, 2.24) is 20.1 Å². The van der Waals surface area contributed by atoms with E-state index >= 15 is 0 Å². The highest BCUT2D eigenvalue weighted by Gasteiger charge is 2.20. The van der Waals surface area contributed by atoms with Crippen LogP contribution in [0.5, 0.6) is 5.88 Å². The van der Waals surface area contributed by atoms with Gasteiger partial charge in [0.1, 0.15) is 6.10 Å². The molecule has 0 amide bonds. The van der Waals surface area contributed by atoms with Gasteiger partial charge in [0.15, 0.2) is 0 Å². The van der Waals surface area contributed by atoms with E-state index in [-0.39, 0.29) is 6.10 Å². The molecule has 0 bridgehead atoms. The quantitative estimate of drug-likeness (QED) is 0.378. The maximum absolute atomic E-state index is 6.05. The van der Waals surface area contributed by atoms with E-state index in [1.807, 2.05) is 74.2 Å². The Morgan fingerprint density at radius 1 is 1.09 bits per heavy atom. The van der Waals surface area contributed by atoms with Crippen LogP contribution < -0.4 is 15.4 Å². The molecule has 0 saturated carbocycles. The number of halogens is 1. The minimum atomic E-state index is 0.0514. The van der Waals surface area contributed by atoms with Crippen molar-refractivity contribution in [3.05, 3.63) is 95.4 Å². The summed E-state index contributed by atoms with van der Waals surface area (Å²) in [5.41, 5.74) is 5.54. The summed E-state index contributed by atoms with van der Waals surface area (Å²) in [7, 11) is 1.91. The molecule has 0 spiro atoms. The van der Waals surface area contributed by atoms with E-state index in [1.54, 1.807) is 4.68 Å². The molecular weight excluding hydrogens is 446 g/mol. The van der Waals surface area contributed by atoms with Crippen LogP contribution in [-0.2, 0) is 13.5 Å². The minimum Gasteiger partial charge on any atom is -0.470 e. The lowest BCUT2D eigenvalue weighted by Crippen LogP contribution is -2.40. The first-order valence-corrected chi connectivity index (χ1v) is 11.8. The maximum Gasteiger partial charge on any atom is 0.237 e. The van der Waals surface area contributed by atoms with Gasteiger partial charge in [-0.05, 0) is 49.2 Å². The number of hydrogen-bond acceptors (Lipinski definition) is 5. The summed E-state index contributed by atoms with van der Waals surface area (Å²) in [5, 5.41) is 11.9. The SMILES string of the molecule is Cc1cc(Cl)ccc1CCNCC1CNc2cc(-c3cnn(C)c3)cnc2O1.c1ccccc1. The largest absolute Gasteiger partial charge is 0.470 e. The second-order valence-corrected chi connectivity index (χ2v) is 8.72.